The number of esters is 2. The molecule has 0 bridgehead atoms. The molecular formula is C22H25N3O6. The molecule has 0 spiro atoms. The van der Waals surface area contributed by atoms with Gasteiger partial charge in [0.15, 0.2) is 12.4 Å². The number of H-pyrrole nitrogens is 1. The highest BCUT2D eigenvalue weighted by Crippen LogP contribution is 2.22. The van der Waals surface area contributed by atoms with Crippen LogP contribution in [-0.4, -0.2) is 45.6 Å². The minimum Gasteiger partial charge on any atom is -0.462 e. The molecule has 164 valence electrons. The van der Waals surface area contributed by atoms with Gasteiger partial charge in [0.2, 0.25) is 5.78 Å². The zero-order chi connectivity index (χ0) is 22.9. The molecule has 0 saturated carbocycles. The summed E-state index contributed by atoms with van der Waals surface area (Å²) in [6, 6.07) is 3.49. The molecule has 1 N–H and O–H groups in total. The highest BCUT2D eigenvalue weighted by Gasteiger charge is 2.25. The Hall–Kier alpha value is -3.62. The Kier molecular flexibility index (Phi) is 6.14. The minimum absolute atomic E-state index is 0.122. The summed E-state index contributed by atoms with van der Waals surface area (Å²) in [7, 11) is 0. The van der Waals surface area contributed by atoms with E-state index in [9.17, 15) is 14.4 Å². The molecule has 3 aromatic rings. The number of Topliss-reactive ketones (excluding diaryl/α,β-unsaturated/α-hetero) is 1. The Morgan fingerprint density at radius 3 is 2.39 bits per heavy atom. The quantitative estimate of drug-likeness (QED) is 0.453. The topological polar surface area (TPSA) is 116 Å². The first kappa shape index (κ1) is 22.1. The summed E-state index contributed by atoms with van der Waals surface area (Å²) >= 11 is 0. The fourth-order valence-corrected chi connectivity index (χ4v) is 3.60. The zero-order valence-corrected chi connectivity index (χ0v) is 18.4. The maximum absolute atomic E-state index is 12.7. The van der Waals surface area contributed by atoms with Crippen LogP contribution in [-0.2, 0) is 9.47 Å². The Bertz CT molecular complexity index is 1160. The lowest BCUT2D eigenvalue weighted by Gasteiger charge is -2.06. The van der Waals surface area contributed by atoms with Gasteiger partial charge in [-0.25, -0.2) is 9.59 Å². The molecule has 3 aromatic heterocycles. The summed E-state index contributed by atoms with van der Waals surface area (Å²) in [5, 5.41) is 3.99. The molecule has 3 rings (SSSR count). The average Bonchev–Trinajstić information content (AvgIpc) is 3.35. The van der Waals surface area contributed by atoms with E-state index >= 15 is 0 Å². The zero-order valence-electron chi connectivity index (χ0n) is 18.4. The van der Waals surface area contributed by atoms with E-state index in [1.807, 2.05) is 6.92 Å². The molecule has 0 amide bonds. The maximum Gasteiger partial charge on any atom is 0.355 e. The van der Waals surface area contributed by atoms with Crippen molar-refractivity contribution in [3.8, 4) is 5.82 Å². The molecule has 3 heterocycles. The Labute approximate surface area is 179 Å². The van der Waals surface area contributed by atoms with Crippen molar-refractivity contribution in [3.63, 3.8) is 0 Å². The number of carbonyl (C=O) groups excluding carboxylic acids is 3. The number of aromatic amines is 1. The molecule has 0 aliphatic heterocycles. The largest absolute Gasteiger partial charge is 0.462 e. The van der Waals surface area contributed by atoms with Gasteiger partial charge in [0.05, 0.1) is 12.2 Å². The molecule has 0 aromatic carbocycles. The minimum atomic E-state index is -0.717. The highest BCUT2D eigenvalue weighted by atomic mass is 16.5. The lowest BCUT2D eigenvalue weighted by Crippen LogP contribution is -2.16. The molecule has 0 unspecified atom stereocenters. The molecule has 9 heteroatoms. The molecule has 0 aliphatic rings. The standard InChI is InChI=1S/C22H25N3O6/c1-7-29-21(27)19-13(4)20(23-14(19)5)22(28)30-10-17(26)16-8-11(2)25(15(16)6)18-9-12(3)31-24-18/h8-9,23H,7,10H2,1-6H3. The predicted molar refractivity (Wildman–Crippen MR) is 111 cm³/mol. The highest BCUT2D eigenvalue weighted by molar-refractivity contribution is 6.02. The number of ether oxygens (including phenoxy) is 2. The van der Waals surface area contributed by atoms with Crippen LogP contribution in [0.4, 0.5) is 0 Å². The third-order valence-electron chi connectivity index (χ3n) is 5.03. The Morgan fingerprint density at radius 1 is 1.06 bits per heavy atom. The van der Waals surface area contributed by atoms with Crippen molar-refractivity contribution in [2.75, 3.05) is 13.2 Å². The second-order valence-electron chi connectivity index (χ2n) is 7.26. The molecular weight excluding hydrogens is 402 g/mol. The van der Waals surface area contributed by atoms with Gasteiger partial charge in [-0.05, 0) is 53.2 Å². The number of nitrogens with zero attached hydrogens (tertiary/aromatic N) is 2. The third kappa shape index (κ3) is 4.16. The number of aryl methyl sites for hydroxylation is 3. The summed E-state index contributed by atoms with van der Waals surface area (Å²) in [6.45, 7) is 10.2. The SMILES string of the molecule is CCOC(=O)c1c(C)[nH]c(C(=O)OCC(=O)c2cc(C)n(-c3cc(C)on3)c2C)c1C. The first-order valence-electron chi connectivity index (χ1n) is 9.84. The van der Waals surface area contributed by atoms with Gasteiger partial charge in [-0.2, -0.15) is 0 Å². The van der Waals surface area contributed by atoms with Crippen LogP contribution >= 0.6 is 0 Å². The van der Waals surface area contributed by atoms with Crippen molar-refractivity contribution in [1.29, 1.82) is 0 Å². The molecule has 0 atom stereocenters. The fourth-order valence-electron chi connectivity index (χ4n) is 3.60. The number of carbonyl (C=O) groups is 3. The van der Waals surface area contributed by atoms with E-state index in [1.165, 1.54) is 0 Å². The van der Waals surface area contributed by atoms with E-state index in [0.29, 0.717) is 39.7 Å². The van der Waals surface area contributed by atoms with Crippen LogP contribution in [0.25, 0.3) is 5.82 Å². The van der Waals surface area contributed by atoms with Crippen LogP contribution in [0.5, 0.6) is 0 Å². The van der Waals surface area contributed by atoms with Crippen molar-refractivity contribution in [2.45, 2.75) is 41.5 Å². The van der Waals surface area contributed by atoms with E-state index < -0.39 is 18.5 Å². The van der Waals surface area contributed by atoms with Crippen LogP contribution in [0, 0.1) is 34.6 Å². The second kappa shape index (κ2) is 8.63. The van der Waals surface area contributed by atoms with Gasteiger partial charge in [0.25, 0.3) is 0 Å². The van der Waals surface area contributed by atoms with Crippen molar-refractivity contribution in [1.82, 2.24) is 14.7 Å². The summed E-state index contributed by atoms with van der Waals surface area (Å²) < 4.78 is 17.2. The van der Waals surface area contributed by atoms with Gasteiger partial charge in [-0.1, -0.05) is 5.16 Å². The van der Waals surface area contributed by atoms with Crippen molar-refractivity contribution in [2.24, 2.45) is 0 Å². The first-order valence-corrected chi connectivity index (χ1v) is 9.84. The van der Waals surface area contributed by atoms with E-state index in [4.69, 9.17) is 14.0 Å². The lowest BCUT2D eigenvalue weighted by atomic mass is 10.1. The summed E-state index contributed by atoms with van der Waals surface area (Å²) in [4.78, 5) is 40.2. The van der Waals surface area contributed by atoms with Gasteiger partial charge in [-0.15, -0.1) is 0 Å². The number of nitrogens with one attached hydrogen (secondary N) is 1. The average molecular weight is 427 g/mol. The molecule has 0 radical (unpaired) electrons. The lowest BCUT2D eigenvalue weighted by molar-refractivity contribution is 0.0468. The van der Waals surface area contributed by atoms with E-state index in [2.05, 4.69) is 10.1 Å². The van der Waals surface area contributed by atoms with Crippen molar-refractivity contribution >= 4 is 17.7 Å². The van der Waals surface area contributed by atoms with Crippen LogP contribution in [0.2, 0.25) is 0 Å². The number of aromatic nitrogens is 3. The maximum atomic E-state index is 12.7. The van der Waals surface area contributed by atoms with Crippen molar-refractivity contribution < 1.29 is 28.4 Å². The number of rotatable bonds is 7. The van der Waals surface area contributed by atoms with Crippen LogP contribution in [0.3, 0.4) is 0 Å². The van der Waals surface area contributed by atoms with Crippen LogP contribution in [0.15, 0.2) is 16.7 Å². The Morgan fingerprint density at radius 2 is 1.77 bits per heavy atom. The first-order chi connectivity index (χ1) is 14.6. The van der Waals surface area contributed by atoms with E-state index in [0.717, 1.165) is 5.69 Å². The van der Waals surface area contributed by atoms with Gasteiger partial charge in [0.1, 0.15) is 11.5 Å². The number of hydrogen-bond acceptors (Lipinski definition) is 7. The van der Waals surface area contributed by atoms with Crippen LogP contribution < -0.4 is 0 Å². The number of hydrogen-bond donors (Lipinski definition) is 1. The normalized spacial score (nSPS) is 10.9. The Balaban J connectivity index is 1.76. The molecule has 0 saturated heterocycles. The molecule has 31 heavy (non-hydrogen) atoms. The summed E-state index contributed by atoms with van der Waals surface area (Å²) in [5.74, 6) is -0.347. The summed E-state index contributed by atoms with van der Waals surface area (Å²) in [5.41, 5.74) is 3.24. The van der Waals surface area contributed by atoms with Gasteiger partial charge in [-0.3, -0.25) is 9.36 Å². The molecule has 0 fully saturated rings. The fraction of sp³-hybridized carbons (Fsp3) is 0.364. The van der Waals surface area contributed by atoms with Crippen molar-refractivity contribution in [3.05, 3.63) is 57.4 Å². The van der Waals surface area contributed by atoms with Gasteiger partial charge >= 0.3 is 11.9 Å². The van der Waals surface area contributed by atoms with Gasteiger partial charge < -0.3 is 19.0 Å². The second-order valence-corrected chi connectivity index (χ2v) is 7.26. The van der Waals surface area contributed by atoms with E-state index in [1.54, 1.807) is 51.3 Å². The third-order valence-corrected chi connectivity index (χ3v) is 5.03. The molecule has 9 nitrogen and oxygen atoms in total. The van der Waals surface area contributed by atoms with E-state index in [-0.39, 0.29) is 18.1 Å². The number of ketones is 1. The predicted octanol–water partition coefficient (Wildman–Crippen LogP) is 3.55. The van der Waals surface area contributed by atoms with Gasteiger partial charge in [0, 0.05) is 28.7 Å². The van der Waals surface area contributed by atoms with Crippen LogP contribution in [0.1, 0.15) is 66.5 Å². The smallest absolute Gasteiger partial charge is 0.355 e. The summed E-state index contributed by atoms with van der Waals surface area (Å²) in [6.07, 6.45) is 0. The monoisotopic (exact) mass is 427 g/mol. The molecule has 0 aliphatic carbocycles.